The number of amides is 1. The Kier molecular flexibility index (Phi) is 7.08. The number of nitrogens with zero attached hydrogens (tertiary/aromatic N) is 2. The molecular weight excluding hydrogens is 508 g/mol. The molecule has 6 nitrogen and oxygen atoms in total. The van der Waals surface area contributed by atoms with E-state index in [1.54, 1.807) is 0 Å². The molecule has 2 aliphatic rings. The van der Waals surface area contributed by atoms with Crippen LogP contribution < -0.4 is 10.1 Å². The van der Waals surface area contributed by atoms with E-state index in [0.29, 0.717) is 22.7 Å². The number of rotatable bonds is 7. The number of ether oxygens (including phenoxy) is 1. The Morgan fingerprint density at radius 1 is 1.05 bits per heavy atom. The summed E-state index contributed by atoms with van der Waals surface area (Å²) >= 11 is 6.46. The quantitative estimate of drug-likeness (QED) is 0.263. The Balaban J connectivity index is 1.20. The van der Waals surface area contributed by atoms with Gasteiger partial charge < -0.3 is 15.0 Å². The highest BCUT2D eigenvalue weighted by Gasteiger charge is 2.39. The summed E-state index contributed by atoms with van der Waals surface area (Å²) < 4.78 is 6.38. The van der Waals surface area contributed by atoms with Crippen molar-refractivity contribution in [3.05, 3.63) is 82.9 Å². The molecule has 202 valence electrons. The number of carbonyl (C=O) groups excluding carboxylic acids is 1. The average molecular weight is 543 g/mol. The first-order chi connectivity index (χ1) is 18.9. The second kappa shape index (κ2) is 10.7. The largest absolute Gasteiger partial charge is 0.490 e. The van der Waals surface area contributed by atoms with E-state index in [1.165, 1.54) is 12.8 Å². The number of aromatic nitrogens is 2. The summed E-state index contributed by atoms with van der Waals surface area (Å²) in [6, 6.07) is 22.6. The molecule has 0 saturated carbocycles. The highest BCUT2D eigenvalue weighted by molar-refractivity contribution is 6.31. The van der Waals surface area contributed by atoms with Crippen molar-refractivity contribution in [2.45, 2.75) is 63.8 Å². The lowest BCUT2D eigenvalue weighted by molar-refractivity contribution is 0.0662. The molecule has 0 aliphatic carbocycles. The van der Waals surface area contributed by atoms with Gasteiger partial charge in [0.15, 0.2) is 0 Å². The summed E-state index contributed by atoms with van der Waals surface area (Å²) in [5.41, 5.74) is 4.18. The molecule has 2 saturated heterocycles. The topological polar surface area (TPSA) is 70.2 Å². The molecule has 2 aliphatic heterocycles. The van der Waals surface area contributed by atoms with Gasteiger partial charge in [0, 0.05) is 33.6 Å². The molecule has 6 rings (SSSR count). The fourth-order valence-electron chi connectivity index (χ4n) is 6.27. The lowest BCUT2D eigenvalue weighted by atomic mass is 9.95. The first-order valence-electron chi connectivity index (χ1n) is 13.9. The van der Waals surface area contributed by atoms with Crippen LogP contribution >= 0.6 is 11.6 Å². The summed E-state index contributed by atoms with van der Waals surface area (Å²) in [6.07, 6.45) is 5.03. The van der Waals surface area contributed by atoms with Gasteiger partial charge in [-0.05, 0) is 92.7 Å². The lowest BCUT2D eigenvalue weighted by Gasteiger charge is -2.36. The molecule has 3 unspecified atom stereocenters. The molecule has 2 fully saturated rings. The molecule has 7 heteroatoms. The molecule has 3 heterocycles. The molecular formula is C32H35ClN4O2. The van der Waals surface area contributed by atoms with Crippen LogP contribution in [0.25, 0.3) is 22.2 Å². The molecule has 2 bridgehead atoms. The number of carbonyl (C=O) groups is 1. The van der Waals surface area contributed by atoms with E-state index < -0.39 is 0 Å². The molecule has 2 N–H and O–H groups in total. The van der Waals surface area contributed by atoms with Gasteiger partial charge in [-0.1, -0.05) is 43.6 Å². The van der Waals surface area contributed by atoms with Crippen LogP contribution in [0.4, 0.5) is 0 Å². The molecule has 3 aromatic carbocycles. The van der Waals surface area contributed by atoms with Crippen molar-refractivity contribution < 1.29 is 9.53 Å². The number of nitrogens with one attached hydrogen (secondary N) is 2. The van der Waals surface area contributed by atoms with E-state index in [2.05, 4.69) is 41.3 Å². The highest BCUT2D eigenvalue weighted by Crippen LogP contribution is 2.36. The van der Waals surface area contributed by atoms with Crippen molar-refractivity contribution >= 4 is 28.4 Å². The summed E-state index contributed by atoms with van der Waals surface area (Å²) in [7, 11) is 2.25. The average Bonchev–Trinajstić information content (AvgIpc) is 3.43. The number of benzene rings is 3. The van der Waals surface area contributed by atoms with Crippen LogP contribution in [-0.4, -0.2) is 46.2 Å². The van der Waals surface area contributed by atoms with Crippen molar-refractivity contribution in [1.29, 1.82) is 0 Å². The number of H-pyrrole nitrogens is 1. The van der Waals surface area contributed by atoms with E-state index in [0.717, 1.165) is 46.3 Å². The molecule has 39 heavy (non-hydrogen) atoms. The van der Waals surface area contributed by atoms with E-state index in [1.807, 2.05) is 66.7 Å². The fourth-order valence-corrected chi connectivity index (χ4v) is 6.53. The first-order valence-corrected chi connectivity index (χ1v) is 14.3. The second-order valence-electron chi connectivity index (χ2n) is 11.3. The number of hydrogen-bond donors (Lipinski definition) is 2. The maximum absolute atomic E-state index is 13.4. The van der Waals surface area contributed by atoms with Crippen LogP contribution in [0, 0.1) is 5.92 Å². The maximum Gasteiger partial charge on any atom is 0.251 e. The number of halogens is 1. The van der Waals surface area contributed by atoms with E-state index in [-0.39, 0.29) is 24.0 Å². The molecule has 1 amide bonds. The summed E-state index contributed by atoms with van der Waals surface area (Å²) in [5, 5.41) is 12.4. The van der Waals surface area contributed by atoms with Crippen molar-refractivity contribution in [3.8, 4) is 17.0 Å². The maximum atomic E-state index is 13.4. The number of piperidine rings is 1. The van der Waals surface area contributed by atoms with Crippen LogP contribution in [0.1, 0.15) is 61.5 Å². The third-order valence-corrected chi connectivity index (χ3v) is 8.85. The van der Waals surface area contributed by atoms with Gasteiger partial charge in [-0.25, -0.2) is 0 Å². The van der Waals surface area contributed by atoms with Gasteiger partial charge in [0.1, 0.15) is 11.9 Å². The number of aromatic amines is 1. The van der Waals surface area contributed by atoms with E-state index in [9.17, 15) is 4.79 Å². The Labute approximate surface area is 234 Å². The van der Waals surface area contributed by atoms with Crippen molar-refractivity contribution in [3.63, 3.8) is 0 Å². The third-order valence-electron chi connectivity index (χ3n) is 8.50. The minimum Gasteiger partial charge on any atom is -0.490 e. The van der Waals surface area contributed by atoms with Crippen molar-refractivity contribution in [2.24, 2.45) is 5.92 Å². The predicted molar refractivity (Wildman–Crippen MR) is 156 cm³/mol. The van der Waals surface area contributed by atoms with Gasteiger partial charge in [0.2, 0.25) is 0 Å². The van der Waals surface area contributed by atoms with Crippen LogP contribution in [0.5, 0.6) is 5.75 Å². The van der Waals surface area contributed by atoms with Gasteiger partial charge in [0.05, 0.1) is 17.3 Å². The zero-order chi connectivity index (χ0) is 27.1. The number of hydrogen-bond acceptors (Lipinski definition) is 4. The van der Waals surface area contributed by atoms with Gasteiger partial charge in [-0.15, -0.1) is 0 Å². The Bertz CT molecular complexity index is 1470. The van der Waals surface area contributed by atoms with Gasteiger partial charge in [0.25, 0.3) is 5.91 Å². The summed E-state index contributed by atoms with van der Waals surface area (Å²) in [4.78, 5) is 15.9. The third kappa shape index (κ3) is 5.15. The minimum absolute atomic E-state index is 0.140. The lowest BCUT2D eigenvalue weighted by Crippen LogP contribution is -2.43. The van der Waals surface area contributed by atoms with Gasteiger partial charge >= 0.3 is 0 Å². The summed E-state index contributed by atoms with van der Waals surface area (Å²) in [5.74, 6) is 0.929. The standard InChI is InChI=1S/C32H35ClN4O2/c1-19(2)30(26-6-4-5-7-28(26)33)34-32(38)21-10-15-29-27(16-21)31(36-35-29)20-8-13-24(14-9-20)39-25-17-22-11-12-23(18-25)37(22)3/h4-10,13-16,19,22-23,25,30H,11-12,17-18H2,1-3H3,(H,34,38)(H,35,36). The smallest absolute Gasteiger partial charge is 0.251 e. The highest BCUT2D eigenvalue weighted by atomic mass is 35.5. The van der Waals surface area contributed by atoms with Crippen molar-refractivity contribution in [1.82, 2.24) is 20.4 Å². The normalized spacial score (nSPS) is 21.8. The molecule has 1 aromatic heterocycles. The molecule has 3 atom stereocenters. The Morgan fingerprint density at radius 3 is 2.46 bits per heavy atom. The van der Waals surface area contributed by atoms with Crippen LogP contribution in [0.3, 0.4) is 0 Å². The van der Waals surface area contributed by atoms with Crippen LogP contribution in [0.2, 0.25) is 5.02 Å². The first kappa shape index (κ1) is 25.9. The number of fused-ring (bicyclic) bond motifs is 3. The SMILES string of the molecule is CC(C)C(NC(=O)c1ccc2[nH]nc(-c3ccc(OC4CC5CCC(C4)N5C)cc3)c2c1)c1ccccc1Cl. The monoisotopic (exact) mass is 542 g/mol. The Hall–Kier alpha value is -3.35. The second-order valence-corrected chi connectivity index (χ2v) is 11.7. The van der Waals surface area contributed by atoms with E-state index >= 15 is 0 Å². The zero-order valence-electron chi connectivity index (χ0n) is 22.7. The molecule has 0 radical (unpaired) electrons. The predicted octanol–water partition coefficient (Wildman–Crippen LogP) is 7.01. The summed E-state index contributed by atoms with van der Waals surface area (Å²) in [6.45, 7) is 4.16. The van der Waals surface area contributed by atoms with Gasteiger partial charge in [-0.3, -0.25) is 9.89 Å². The Morgan fingerprint density at radius 2 is 1.77 bits per heavy atom. The van der Waals surface area contributed by atoms with Crippen LogP contribution in [-0.2, 0) is 0 Å². The molecule has 0 spiro atoms. The van der Waals surface area contributed by atoms with E-state index in [4.69, 9.17) is 16.3 Å². The van der Waals surface area contributed by atoms with Crippen LogP contribution in [0.15, 0.2) is 66.7 Å². The zero-order valence-corrected chi connectivity index (χ0v) is 23.4. The minimum atomic E-state index is -0.196. The fraction of sp³-hybridized carbons (Fsp3) is 0.375. The van der Waals surface area contributed by atoms with Crippen molar-refractivity contribution in [2.75, 3.05) is 7.05 Å². The molecule has 4 aromatic rings. The van der Waals surface area contributed by atoms with Gasteiger partial charge in [-0.2, -0.15) is 5.10 Å².